The number of amides is 3. The van der Waals surface area contributed by atoms with Gasteiger partial charge in [-0.3, -0.25) is 0 Å². The Hall–Kier alpha value is -2.05. The zero-order valence-corrected chi connectivity index (χ0v) is 19.6. The van der Waals surface area contributed by atoms with Gasteiger partial charge in [-0.15, -0.1) is 0 Å². The fourth-order valence-corrected chi connectivity index (χ4v) is 14.8. The number of nitrogens with zero attached hydrogens (tertiary/aromatic N) is 1. The molecule has 29 heavy (non-hydrogen) atoms. The number of hydrogen-bond donors (Lipinski definition) is 2. The Balaban J connectivity index is 1.08. The van der Waals surface area contributed by atoms with Gasteiger partial charge in [-0.1, -0.05) is 18.2 Å². The summed E-state index contributed by atoms with van der Waals surface area (Å²) in [5, 5.41) is 5.40. The predicted octanol–water partition coefficient (Wildman–Crippen LogP) is 2.31. The van der Waals surface area contributed by atoms with Crippen molar-refractivity contribution in [2.24, 2.45) is 0 Å². The van der Waals surface area contributed by atoms with E-state index in [0.717, 1.165) is 29.6 Å². The molecular weight excluding hydrogens is 465 g/mol. The average Bonchev–Trinajstić information content (AvgIpc) is 3.27. The summed E-state index contributed by atoms with van der Waals surface area (Å²) in [5.41, 5.74) is 3.64. The maximum atomic E-state index is 12.2. The summed E-state index contributed by atoms with van der Waals surface area (Å²) in [6.45, 7) is 3.21. The molecule has 1 fully saturated rings. The van der Waals surface area contributed by atoms with Gasteiger partial charge in [0.05, 0.1) is 0 Å². The SMILES string of the molecule is O=C(NC(=O)c1ccccc1)NC1CCN(C[CH]2C3=[CH][In]2[c]2ccccc23)CC1. The summed E-state index contributed by atoms with van der Waals surface area (Å²) >= 11 is -1.66. The quantitative estimate of drug-likeness (QED) is 0.694. The van der Waals surface area contributed by atoms with E-state index in [1.807, 2.05) is 6.07 Å². The first-order valence-electron chi connectivity index (χ1n) is 10.4. The molecule has 1 saturated heterocycles. The molecule has 2 aromatic rings. The number of benzene rings is 2. The zero-order valence-electron chi connectivity index (χ0n) is 16.3. The number of carbonyl (C=O) groups excluding carboxylic acids is 2. The molecule has 0 aliphatic carbocycles. The van der Waals surface area contributed by atoms with E-state index in [1.165, 1.54) is 12.1 Å². The van der Waals surface area contributed by atoms with Gasteiger partial charge in [-0.2, -0.15) is 0 Å². The van der Waals surface area contributed by atoms with Crippen molar-refractivity contribution in [3.8, 4) is 0 Å². The molecule has 5 rings (SSSR count). The van der Waals surface area contributed by atoms with Gasteiger partial charge in [0.15, 0.2) is 0 Å². The van der Waals surface area contributed by atoms with Crippen molar-refractivity contribution in [3.63, 3.8) is 0 Å². The van der Waals surface area contributed by atoms with Crippen LogP contribution in [0.4, 0.5) is 4.79 Å². The minimum atomic E-state index is -1.66. The van der Waals surface area contributed by atoms with Crippen LogP contribution in [0.5, 0.6) is 0 Å². The molecule has 0 saturated carbocycles. The second kappa shape index (κ2) is 8.00. The van der Waals surface area contributed by atoms with Gasteiger partial charge in [0.2, 0.25) is 0 Å². The summed E-state index contributed by atoms with van der Waals surface area (Å²) in [7, 11) is 0. The molecule has 0 radical (unpaired) electrons. The third kappa shape index (κ3) is 3.76. The standard InChI is InChI=1S/C23H24N3O2.In/c1-18(19-8-4-2-5-9-19)12-15-26-16-13-21(14-17-26)24-23(28)25-22(27)20-10-6-3-7-11-20;/h1-8,10-12,21H,13-17H2,(H2,24,25,27,28);. The van der Waals surface area contributed by atoms with Crippen molar-refractivity contribution < 1.29 is 9.59 Å². The summed E-state index contributed by atoms with van der Waals surface area (Å²) in [4.78, 5) is 26.8. The summed E-state index contributed by atoms with van der Waals surface area (Å²) < 4.78 is 5.16. The zero-order chi connectivity index (χ0) is 19.8. The van der Waals surface area contributed by atoms with Crippen LogP contribution in [0.1, 0.15) is 28.8 Å². The fourth-order valence-electron chi connectivity index (χ4n) is 4.89. The molecule has 0 spiro atoms. The molecule has 2 N–H and O–H groups in total. The molecule has 3 heterocycles. The number of hydrogen-bond acceptors (Lipinski definition) is 3. The number of fused-ring (bicyclic) bond motifs is 5. The van der Waals surface area contributed by atoms with Gasteiger partial charge in [0, 0.05) is 0 Å². The third-order valence-corrected chi connectivity index (χ3v) is 16.1. The van der Waals surface area contributed by atoms with Crippen molar-refractivity contribution >= 4 is 42.3 Å². The van der Waals surface area contributed by atoms with Crippen LogP contribution < -0.4 is 14.0 Å². The molecule has 0 aromatic heterocycles. The first kappa shape index (κ1) is 18.9. The van der Waals surface area contributed by atoms with Gasteiger partial charge in [-0.25, -0.2) is 0 Å². The summed E-state index contributed by atoms with van der Waals surface area (Å²) in [6, 6.07) is 17.6. The van der Waals surface area contributed by atoms with Crippen molar-refractivity contribution in [1.29, 1.82) is 0 Å². The van der Waals surface area contributed by atoms with Crippen molar-refractivity contribution in [1.82, 2.24) is 15.5 Å². The number of rotatable bonds is 4. The van der Waals surface area contributed by atoms with Crippen LogP contribution in [0.3, 0.4) is 0 Å². The Morgan fingerprint density at radius 1 is 1.00 bits per heavy atom. The van der Waals surface area contributed by atoms with Crippen LogP contribution in [0.25, 0.3) is 5.57 Å². The van der Waals surface area contributed by atoms with E-state index in [4.69, 9.17) is 0 Å². The first-order chi connectivity index (χ1) is 14.2. The van der Waals surface area contributed by atoms with Gasteiger partial charge >= 0.3 is 161 Å². The number of piperidine rings is 1. The average molecular weight is 489 g/mol. The Kier molecular flexibility index (Phi) is 5.22. The molecule has 2 aromatic carbocycles. The van der Waals surface area contributed by atoms with Gasteiger partial charge in [0.1, 0.15) is 0 Å². The molecule has 1 unspecified atom stereocenters. The summed E-state index contributed by atoms with van der Waals surface area (Å²) in [6.07, 6.45) is 1.87. The monoisotopic (exact) mass is 489 g/mol. The Morgan fingerprint density at radius 3 is 2.48 bits per heavy atom. The molecule has 2 bridgehead atoms. The molecule has 3 amide bonds. The van der Waals surface area contributed by atoms with Gasteiger partial charge in [0.25, 0.3) is 0 Å². The van der Waals surface area contributed by atoms with E-state index in [9.17, 15) is 9.59 Å². The van der Waals surface area contributed by atoms with Crippen LogP contribution in [0.2, 0.25) is 3.67 Å². The van der Waals surface area contributed by atoms with E-state index < -0.39 is 27.5 Å². The van der Waals surface area contributed by atoms with Crippen LogP contribution >= 0.6 is 0 Å². The van der Waals surface area contributed by atoms with Crippen molar-refractivity contribution in [2.75, 3.05) is 19.6 Å². The Labute approximate surface area is 178 Å². The molecule has 3 aliphatic heterocycles. The number of likely N-dealkylation sites (tertiary alicyclic amines) is 1. The van der Waals surface area contributed by atoms with E-state index >= 15 is 0 Å². The Morgan fingerprint density at radius 2 is 1.72 bits per heavy atom. The molecule has 5 nitrogen and oxygen atoms in total. The van der Waals surface area contributed by atoms with Gasteiger partial charge < -0.3 is 0 Å². The van der Waals surface area contributed by atoms with Gasteiger partial charge in [-0.05, 0) is 0 Å². The minimum absolute atomic E-state index is 0.132. The van der Waals surface area contributed by atoms with E-state index in [0.29, 0.717) is 5.56 Å². The first-order valence-corrected chi connectivity index (χ1v) is 15.8. The molecular formula is C23H24InN3O2. The summed E-state index contributed by atoms with van der Waals surface area (Å²) in [5.74, 6) is -0.360. The number of carbonyl (C=O) groups is 2. The normalized spacial score (nSPS) is 20.5. The predicted molar refractivity (Wildman–Crippen MR) is 115 cm³/mol. The number of urea groups is 1. The molecule has 3 aliphatic rings. The van der Waals surface area contributed by atoms with Crippen LogP contribution in [0.15, 0.2) is 58.4 Å². The third-order valence-electron chi connectivity index (χ3n) is 6.46. The van der Waals surface area contributed by atoms with Crippen molar-refractivity contribution in [3.05, 3.63) is 69.6 Å². The second-order valence-corrected chi connectivity index (χ2v) is 16.2. The number of nitrogens with one attached hydrogen (secondary N) is 2. The number of imide groups is 1. The van der Waals surface area contributed by atoms with E-state index in [1.54, 1.807) is 33.2 Å². The molecule has 1 atom stereocenters. The van der Waals surface area contributed by atoms with E-state index in [-0.39, 0.29) is 11.9 Å². The van der Waals surface area contributed by atoms with Crippen LogP contribution in [-0.2, 0) is 0 Å². The van der Waals surface area contributed by atoms with Crippen molar-refractivity contribution in [2.45, 2.75) is 22.6 Å². The maximum absolute atomic E-state index is 12.2. The molecule has 6 heteroatoms. The van der Waals surface area contributed by atoms with Crippen LogP contribution in [-0.4, -0.2) is 64.0 Å². The fraction of sp³-hybridized carbons (Fsp3) is 0.304. The van der Waals surface area contributed by atoms with E-state index in [2.05, 4.69) is 43.6 Å². The van der Waals surface area contributed by atoms with Crippen LogP contribution in [0, 0.1) is 0 Å². The molecule has 146 valence electrons. The second-order valence-electron chi connectivity index (χ2n) is 8.21. The Bertz CT molecular complexity index is 967. The topological polar surface area (TPSA) is 61.4 Å².